The molecule has 4 N–H and O–H groups in total. The number of aromatic nitrogens is 1. The van der Waals surface area contributed by atoms with E-state index in [-0.39, 0.29) is 46.2 Å². The first kappa shape index (κ1) is 23.3. The van der Waals surface area contributed by atoms with E-state index < -0.39 is 30.2 Å². The van der Waals surface area contributed by atoms with E-state index in [0.717, 1.165) is 11.3 Å². The summed E-state index contributed by atoms with van der Waals surface area (Å²) < 4.78 is 0. The van der Waals surface area contributed by atoms with Crippen molar-refractivity contribution in [1.29, 1.82) is 0 Å². The van der Waals surface area contributed by atoms with Crippen molar-refractivity contribution in [2.45, 2.75) is 32.1 Å². The molecular formula is C21H23N3O7S. The standard InChI is InChI=1S/C21H23N3O7S/c1-2-10-6-7-11-12(19(28)17(11)16(10)20(29)30)4-3-5-14(25)18(24-31-8-15(26)27)13-9-32-21(22)23-13/h2,9,11-12,17H,1,3-8H2,(H2,22,23)(H,26,27)(H,29,30)/b24-18-/t11-,12?,17?/m1/s1. The van der Waals surface area contributed by atoms with Crippen LogP contribution in [0.1, 0.15) is 37.8 Å². The molecule has 0 aromatic carbocycles. The van der Waals surface area contributed by atoms with E-state index in [9.17, 15) is 24.3 Å². The van der Waals surface area contributed by atoms with Crippen molar-refractivity contribution < 1.29 is 34.2 Å². The summed E-state index contributed by atoms with van der Waals surface area (Å²) >= 11 is 1.11. The molecule has 1 saturated carbocycles. The summed E-state index contributed by atoms with van der Waals surface area (Å²) in [6.07, 6.45) is 3.67. The molecule has 0 aliphatic heterocycles. The van der Waals surface area contributed by atoms with Crippen LogP contribution in [0, 0.1) is 17.8 Å². The van der Waals surface area contributed by atoms with Gasteiger partial charge in [0.15, 0.2) is 16.6 Å². The number of nitrogens with zero attached hydrogens (tertiary/aromatic N) is 2. The minimum atomic E-state index is -1.24. The second kappa shape index (κ2) is 9.86. The molecule has 2 aliphatic rings. The normalized spacial score (nSPS) is 22.7. The summed E-state index contributed by atoms with van der Waals surface area (Å²) in [4.78, 5) is 56.3. The highest BCUT2D eigenvalue weighted by Crippen LogP contribution is 2.51. The SMILES string of the molecule is C=CC1=C(C(=O)O)C2C(=O)C(CCCC(=O)/C(=N\OCC(=O)O)c3csc(N)n3)[C@H]2CC1. The van der Waals surface area contributed by atoms with Gasteiger partial charge in [0, 0.05) is 17.7 Å². The van der Waals surface area contributed by atoms with Gasteiger partial charge in [-0.2, -0.15) is 0 Å². The number of allylic oxidation sites excluding steroid dienone is 2. The number of oxime groups is 1. The van der Waals surface area contributed by atoms with Gasteiger partial charge in [-0.25, -0.2) is 14.6 Å². The Bertz CT molecular complexity index is 1030. The van der Waals surface area contributed by atoms with Gasteiger partial charge in [-0.15, -0.1) is 11.3 Å². The number of fused-ring (bicyclic) bond motifs is 1. The Hall–Kier alpha value is -3.34. The lowest BCUT2D eigenvalue weighted by Crippen LogP contribution is -2.51. The van der Waals surface area contributed by atoms with Crippen molar-refractivity contribution >= 4 is 45.7 Å². The third-order valence-corrected chi connectivity index (χ3v) is 6.46. The van der Waals surface area contributed by atoms with E-state index in [2.05, 4.69) is 16.7 Å². The van der Waals surface area contributed by atoms with Gasteiger partial charge in [0.2, 0.25) is 6.61 Å². The third kappa shape index (κ3) is 4.77. The number of nitrogens with two attached hydrogens (primary N) is 1. The molecule has 0 saturated heterocycles. The van der Waals surface area contributed by atoms with Gasteiger partial charge in [-0.05, 0) is 37.2 Å². The fourth-order valence-corrected chi connectivity index (χ4v) is 4.92. The molecule has 11 heteroatoms. The second-order valence-corrected chi connectivity index (χ2v) is 8.52. The van der Waals surface area contributed by atoms with Gasteiger partial charge in [0.1, 0.15) is 11.5 Å². The Balaban J connectivity index is 1.62. The molecule has 3 atom stereocenters. The summed E-state index contributed by atoms with van der Waals surface area (Å²) in [7, 11) is 0. The predicted molar refractivity (Wildman–Crippen MR) is 115 cm³/mol. The molecule has 0 bridgehead atoms. The topological polar surface area (TPSA) is 169 Å². The maximum atomic E-state index is 12.7. The van der Waals surface area contributed by atoms with Crippen LogP contribution in [0.15, 0.2) is 34.3 Å². The van der Waals surface area contributed by atoms with E-state index in [1.54, 1.807) is 0 Å². The van der Waals surface area contributed by atoms with Crippen LogP contribution in [0.3, 0.4) is 0 Å². The molecule has 170 valence electrons. The smallest absolute Gasteiger partial charge is 0.344 e. The van der Waals surface area contributed by atoms with Crippen LogP contribution in [0.5, 0.6) is 0 Å². The molecule has 0 spiro atoms. The summed E-state index contributed by atoms with van der Waals surface area (Å²) in [6, 6.07) is 0. The zero-order chi connectivity index (χ0) is 23.4. The number of ketones is 2. The number of anilines is 1. The number of Topliss-reactive ketones (excluding diaryl/α,β-unsaturated/α-hetero) is 2. The molecular weight excluding hydrogens is 438 g/mol. The van der Waals surface area contributed by atoms with Gasteiger partial charge in [-0.1, -0.05) is 17.8 Å². The molecule has 2 aliphatic carbocycles. The summed E-state index contributed by atoms with van der Waals surface area (Å²) in [6.45, 7) is 2.95. The van der Waals surface area contributed by atoms with Crippen LogP contribution in [-0.2, 0) is 24.0 Å². The van der Waals surface area contributed by atoms with E-state index in [1.807, 2.05) is 0 Å². The molecule has 3 rings (SSSR count). The number of rotatable bonds is 11. The third-order valence-electron chi connectivity index (χ3n) is 5.79. The number of nitrogen functional groups attached to an aromatic ring is 1. The molecule has 2 unspecified atom stereocenters. The zero-order valence-electron chi connectivity index (χ0n) is 17.2. The number of hydrogen-bond donors (Lipinski definition) is 3. The van der Waals surface area contributed by atoms with Crippen molar-refractivity contribution in [2.75, 3.05) is 12.3 Å². The molecule has 1 heterocycles. The average Bonchev–Trinajstić information content (AvgIpc) is 3.18. The van der Waals surface area contributed by atoms with E-state index in [1.165, 1.54) is 11.5 Å². The van der Waals surface area contributed by atoms with Crippen molar-refractivity contribution in [2.24, 2.45) is 22.9 Å². The van der Waals surface area contributed by atoms with Gasteiger partial charge in [0.25, 0.3) is 0 Å². The molecule has 1 aromatic rings. The largest absolute Gasteiger partial charge is 0.479 e. The maximum Gasteiger partial charge on any atom is 0.344 e. The highest BCUT2D eigenvalue weighted by Gasteiger charge is 2.53. The highest BCUT2D eigenvalue weighted by molar-refractivity contribution is 7.13. The van der Waals surface area contributed by atoms with Crippen LogP contribution in [0.25, 0.3) is 0 Å². The number of aliphatic carboxylic acids is 2. The zero-order valence-corrected chi connectivity index (χ0v) is 18.0. The van der Waals surface area contributed by atoms with Crippen molar-refractivity contribution in [3.63, 3.8) is 0 Å². The van der Waals surface area contributed by atoms with Crippen molar-refractivity contribution in [3.8, 4) is 0 Å². The van der Waals surface area contributed by atoms with Crippen LogP contribution in [0.4, 0.5) is 5.13 Å². The van der Waals surface area contributed by atoms with Crippen LogP contribution >= 0.6 is 11.3 Å². The lowest BCUT2D eigenvalue weighted by molar-refractivity contribution is -0.147. The van der Waals surface area contributed by atoms with Crippen molar-refractivity contribution in [3.05, 3.63) is 34.9 Å². The lowest BCUT2D eigenvalue weighted by Gasteiger charge is -2.46. The molecule has 0 radical (unpaired) electrons. The molecule has 10 nitrogen and oxygen atoms in total. The number of carbonyl (C=O) groups is 4. The summed E-state index contributed by atoms with van der Waals surface area (Å²) in [5, 5.41) is 23.6. The first-order chi connectivity index (χ1) is 15.2. The number of hydrogen-bond acceptors (Lipinski definition) is 9. The van der Waals surface area contributed by atoms with Gasteiger partial charge in [-0.3, -0.25) is 9.59 Å². The minimum absolute atomic E-state index is 0.0437. The quantitative estimate of drug-likeness (QED) is 0.330. The predicted octanol–water partition coefficient (Wildman–Crippen LogP) is 2.06. The number of thiazole rings is 1. The van der Waals surface area contributed by atoms with Crippen LogP contribution < -0.4 is 5.73 Å². The van der Waals surface area contributed by atoms with Crippen LogP contribution in [0.2, 0.25) is 0 Å². The minimum Gasteiger partial charge on any atom is -0.479 e. The van der Waals surface area contributed by atoms with E-state index in [0.29, 0.717) is 31.3 Å². The Morgan fingerprint density at radius 3 is 2.72 bits per heavy atom. The number of carbonyl (C=O) groups excluding carboxylic acids is 2. The number of carboxylic acid groups (broad SMARTS) is 2. The van der Waals surface area contributed by atoms with Gasteiger partial charge >= 0.3 is 11.9 Å². The molecule has 1 aromatic heterocycles. The highest BCUT2D eigenvalue weighted by atomic mass is 32.1. The first-order valence-electron chi connectivity index (χ1n) is 10.0. The van der Waals surface area contributed by atoms with Crippen LogP contribution in [-0.4, -0.2) is 51.0 Å². The summed E-state index contributed by atoms with van der Waals surface area (Å²) in [5.41, 5.74) is 6.45. The maximum absolute atomic E-state index is 12.7. The molecule has 1 fully saturated rings. The first-order valence-corrected chi connectivity index (χ1v) is 10.9. The Labute approximate surface area is 187 Å². The second-order valence-electron chi connectivity index (χ2n) is 7.63. The average molecular weight is 461 g/mol. The fraction of sp³-hybridized carbons (Fsp3) is 0.429. The lowest BCUT2D eigenvalue weighted by atomic mass is 9.54. The van der Waals surface area contributed by atoms with Gasteiger partial charge < -0.3 is 20.8 Å². The fourth-order valence-electron chi connectivity index (χ4n) is 4.38. The Kier molecular flexibility index (Phi) is 7.18. The summed E-state index contributed by atoms with van der Waals surface area (Å²) in [5.74, 6) is -3.77. The van der Waals surface area contributed by atoms with E-state index in [4.69, 9.17) is 15.7 Å². The van der Waals surface area contributed by atoms with Gasteiger partial charge in [0.05, 0.1) is 11.5 Å². The Morgan fingerprint density at radius 2 is 2.12 bits per heavy atom. The van der Waals surface area contributed by atoms with E-state index >= 15 is 0 Å². The monoisotopic (exact) mass is 461 g/mol. The molecule has 0 amide bonds. The molecule has 32 heavy (non-hydrogen) atoms. The van der Waals surface area contributed by atoms with Crippen molar-refractivity contribution in [1.82, 2.24) is 4.98 Å². The number of carboxylic acids is 2. The Morgan fingerprint density at radius 1 is 1.38 bits per heavy atom.